The van der Waals surface area contributed by atoms with Crippen LogP contribution in [0, 0.1) is 0 Å². The van der Waals surface area contributed by atoms with Gasteiger partial charge in [-0.1, -0.05) is 30.3 Å². The fraction of sp³-hybridized carbons (Fsp3) is 0. The molecule has 2 aromatic carbocycles. The largest absolute Gasteiger partial charge is 0.289 e. The van der Waals surface area contributed by atoms with Crippen molar-refractivity contribution in [3.05, 3.63) is 62.9 Å². The second-order valence-electron chi connectivity index (χ2n) is 4.38. The van der Waals surface area contributed by atoms with Gasteiger partial charge in [0.05, 0.1) is 10.2 Å². The molecule has 0 saturated carbocycles. The lowest BCUT2D eigenvalue weighted by Crippen LogP contribution is -2.07. The number of rotatable bonds is 0. The zero-order valence-corrected chi connectivity index (χ0v) is 10.5. The average Bonchev–Trinajstić information content (AvgIpc) is 2.89. The lowest BCUT2D eigenvalue weighted by atomic mass is 10.1. The monoisotopic (exact) mass is 265 g/mol. The molecular weight excluding hydrogens is 258 g/mol. The van der Waals surface area contributed by atoms with Crippen LogP contribution >= 0.6 is 11.3 Å². The summed E-state index contributed by atoms with van der Waals surface area (Å²) in [6.07, 6.45) is 0. The van der Waals surface area contributed by atoms with Gasteiger partial charge in [0.2, 0.25) is 5.43 Å². The van der Waals surface area contributed by atoms with Gasteiger partial charge < -0.3 is 0 Å². The van der Waals surface area contributed by atoms with Crippen molar-refractivity contribution in [1.82, 2.24) is 4.98 Å². The maximum absolute atomic E-state index is 12.6. The Morgan fingerprint density at radius 3 is 2.26 bits per heavy atom. The van der Waals surface area contributed by atoms with Gasteiger partial charge in [-0.15, -0.1) is 11.3 Å². The van der Waals surface area contributed by atoms with E-state index in [1.165, 1.54) is 11.3 Å². The molecule has 0 unspecified atom stereocenters. The normalized spacial score (nSPS) is 11.6. The second kappa shape index (κ2) is 3.59. The Kier molecular flexibility index (Phi) is 2.00. The van der Waals surface area contributed by atoms with Gasteiger partial charge in [-0.05, 0) is 12.1 Å². The second-order valence-corrected chi connectivity index (χ2v) is 5.41. The number of aromatic nitrogens is 1. The summed E-state index contributed by atoms with van der Waals surface area (Å²) in [6, 6.07) is 12.4. The Morgan fingerprint density at radius 1 is 0.789 bits per heavy atom. The SMILES string of the molecule is O=c1c2nc3c(cccc3c(=O)c3ccccc13)s2. The first-order chi connectivity index (χ1) is 9.25. The number of benzene rings is 2. The minimum Gasteiger partial charge on any atom is -0.289 e. The summed E-state index contributed by atoms with van der Waals surface area (Å²) in [5.41, 5.74) is 0.331. The molecule has 2 aromatic heterocycles. The maximum Gasteiger partial charge on any atom is 0.222 e. The summed E-state index contributed by atoms with van der Waals surface area (Å²) >= 11 is 1.34. The number of nitrogens with zero attached hydrogens (tertiary/aromatic N) is 1. The van der Waals surface area contributed by atoms with Gasteiger partial charge in [0.15, 0.2) is 10.3 Å². The van der Waals surface area contributed by atoms with Gasteiger partial charge in [0.1, 0.15) is 0 Å². The fourth-order valence-electron chi connectivity index (χ4n) is 2.37. The Bertz CT molecular complexity index is 1050. The van der Waals surface area contributed by atoms with Crippen LogP contribution < -0.4 is 10.9 Å². The van der Waals surface area contributed by atoms with Crippen molar-refractivity contribution in [3.63, 3.8) is 0 Å². The predicted molar refractivity (Wildman–Crippen MR) is 78.4 cm³/mol. The number of thiazole rings is 1. The van der Waals surface area contributed by atoms with E-state index in [1.807, 2.05) is 12.1 Å². The third-order valence-electron chi connectivity index (χ3n) is 3.27. The lowest BCUT2D eigenvalue weighted by molar-refractivity contribution is 1.53. The van der Waals surface area contributed by atoms with Crippen LogP contribution in [0.2, 0.25) is 0 Å². The van der Waals surface area contributed by atoms with Crippen LogP contribution in [0.25, 0.3) is 31.2 Å². The highest BCUT2D eigenvalue weighted by molar-refractivity contribution is 7.24. The van der Waals surface area contributed by atoms with E-state index in [-0.39, 0.29) is 10.9 Å². The van der Waals surface area contributed by atoms with Crippen molar-refractivity contribution in [3.8, 4) is 0 Å². The third kappa shape index (κ3) is 1.34. The number of fused-ring (bicyclic) bond motifs is 2. The molecule has 0 aliphatic carbocycles. The zero-order valence-electron chi connectivity index (χ0n) is 9.71. The quantitative estimate of drug-likeness (QED) is 0.491. The molecule has 4 rings (SSSR count). The summed E-state index contributed by atoms with van der Waals surface area (Å²) in [5, 5.41) is 1.47. The van der Waals surface area contributed by atoms with Crippen LogP contribution in [0.1, 0.15) is 0 Å². The van der Waals surface area contributed by atoms with E-state index < -0.39 is 0 Å². The predicted octanol–water partition coefficient (Wildman–Crippen LogP) is 2.76. The van der Waals surface area contributed by atoms with Gasteiger partial charge in [-0.3, -0.25) is 9.59 Å². The van der Waals surface area contributed by atoms with Crippen LogP contribution in [0.3, 0.4) is 0 Å². The fourth-order valence-corrected chi connectivity index (χ4v) is 3.32. The molecule has 3 nitrogen and oxygen atoms in total. The Hall–Kier alpha value is -2.33. The van der Waals surface area contributed by atoms with Crippen LogP contribution in [0.5, 0.6) is 0 Å². The van der Waals surface area contributed by atoms with E-state index in [0.717, 1.165) is 4.70 Å². The van der Waals surface area contributed by atoms with Crippen molar-refractivity contribution in [2.24, 2.45) is 0 Å². The van der Waals surface area contributed by atoms with Crippen molar-refractivity contribution < 1.29 is 0 Å². The number of hydrogen-bond donors (Lipinski definition) is 0. The number of hydrogen-bond acceptors (Lipinski definition) is 4. The minimum absolute atomic E-state index is 0.133. The summed E-state index contributed by atoms with van der Waals surface area (Å²) in [4.78, 5) is 29.8. The summed E-state index contributed by atoms with van der Waals surface area (Å²) < 4.78 is 0.877. The molecule has 0 fully saturated rings. The van der Waals surface area contributed by atoms with Gasteiger partial charge in [-0.25, -0.2) is 4.98 Å². The maximum atomic E-state index is 12.6. The van der Waals surface area contributed by atoms with E-state index >= 15 is 0 Å². The molecule has 0 N–H and O–H groups in total. The Labute approximate surface area is 111 Å². The van der Waals surface area contributed by atoms with Gasteiger partial charge in [0, 0.05) is 16.2 Å². The minimum atomic E-state index is -0.171. The molecule has 4 aromatic rings. The van der Waals surface area contributed by atoms with Crippen LogP contribution in [0.4, 0.5) is 0 Å². The van der Waals surface area contributed by atoms with Crippen molar-refractivity contribution in [2.75, 3.05) is 0 Å². The molecule has 0 radical (unpaired) electrons. The average molecular weight is 265 g/mol. The van der Waals surface area contributed by atoms with Crippen LogP contribution in [0.15, 0.2) is 52.1 Å². The first-order valence-electron chi connectivity index (χ1n) is 5.84. The highest BCUT2D eigenvalue weighted by Crippen LogP contribution is 2.24. The number of para-hydroxylation sites is 1. The van der Waals surface area contributed by atoms with E-state index in [0.29, 0.717) is 26.5 Å². The van der Waals surface area contributed by atoms with Crippen molar-refractivity contribution >= 4 is 42.5 Å². The summed E-state index contributed by atoms with van der Waals surface area (Å²) in [5.74, 6) is 0. The molecule has 0 aliphatic heterocycles. The van der Waals surface area contributed by atoms with Gasteiger partial charge in [0.25, 0.3) is 0 Å². The molecule has 0 spiro atoms. The smallest absolute Gasteiger partial charge is 0.222 e. The van der Waals surface area contributed by atoms with Crippen molar-refractivity contribution in [1.29, 1.82) is 0 Å². The molecule has 0 saturated heterocycles. The van der Waals surface area contributed by atoms with E-state index in [2.05, 4.69) is 4.98 Å². The highest BCUT2D eigenvalue weighted by atomic mass is 32.1. The van der Waals surface area contributed by atoms with Crippen LogP contribution in [-0.2, 0) is 0 Å². The molecule has 4 heteroatoms. The van der Waals surface area contributed by atoms with Gasteiger partial charge in [-0.2, -0.15) is 0 Å². The topological polar surface area (TPSA) is 47.0 Å². The zero-order chi connectivity index (χ0) is 13.0. The Morgan fingerprint density at radius 2 is 1.47 bits per heavy atom. The van der Waals surface area contributed by atoms with E-state index in [9.17, 15) is 9.59 Å². The Balaban J connectivity index is 2.56. The molecule has 0 amide bonds. The molecule has 0 aliphatic rings. The first-order valence-corrected chi connectivity index (χ1v) is 6.65. The first kappa shape index (κ1) is 10.6. The highest BCUT2D eigenvalue weighted by Gasteiger charge is 2.11. The van der Waals surface area contributed by atoms with E-state index in [4.69, 9.17) is 0 Å². The molecule has 90 valence electrons. The third-order valence-corrected chi connectivity index (χ3v) is 4.29. The molecule has 2 bridgehead atoms. The van der Waals surface area contributed by atoms with Gasteiger partial charge >= 0.3 is 0 Å². The molecular formula is C15H7NO2S. The van der Waals surface area contributed by atoms with Crippen molar-refractivity contribution in [2.45, 2.75) is 0 Å². The van der Waals surface area contributed by atoms with Crippen LogP contribution in [-0.4, -0.2) is 4.98 Å². The lowest BCUT2D eigenvalue weighted by Gasteiger charge is -1.94. The molecule has 2 heterocycles. The summed E-state index contributed by atoms with van der Waals surface area (Å²) in [6.45, 7) is 0. The molecule has 19 heavy (non-hydrogen) atoms. The molecule has 0 atom stereocenters. The standard InChI is InChI=1S/C15H7NO2S/c17-13-8-4-1-2-5-9(8)14(18)15-16-12-10(13)6-3-7-11(12)19-15/h1-7H. The summed E-state index contributed by atoms with van der Waals surface area (Å²) in [7, 11) is 0. The van der Waals surface area contributed by atoms with E-state index in [1.54, 1.807) is 30.3 Å².